The maximum Gasteiger partial charge on any atom is 0.149 e. The molecule has 1 saturated heterocycles. The molecule has 2 N–H and O–H groups in total. The Bertz CT molecular complexity index is 410. The van der Waals surface area contributed by atoms with E-state index in [-0.39, 0.29) is 12.2 Å². The SMILES string of the molecule is CN(CC1CCOCC1)c1c(F)cc(CN)cc1F. The fraction of sp³-hybridized carbons (Fsp3) is 0.571. The van der Waals surface area contributed by atoms with Crippen LogP contribution in [0.3, 0.4) is 0 Å². The second-order valence-corrected chi connectivity index (χ2v) is 5.05. The van der Waals surface area contributed by atoms with Crippen LogP contribution in [0, 0.1) is 17.6 Å². The Kier molecular flexibility index (Phi) is 4.71. The summed E-state index contributed by atoms with van der Waals surface area (Å²) < 4.78 is 33.2. The van der Waals surface area contributed by atoms with Crippen LogP contribution < -0.4 is 10.6 Å². The lowest BCUT2D eigenvalue weighted by molar-refractivity contribution is 0.0684. The van der Waals surface area contributed by atoms with Gasteiger partial charge in [0.1, 0.15) is 17.3 Å². The molecule has 2 rings (SSSR count). The van der Waals surface area contributed by atoms with Crippen LogP contribution >= 0.6 is 0 Å². The molecule has 0 amide bonds. The topological polar surface area (TPSA) is 38.5 Å². The lowest BCUT2D eigenvalue weighted by Crippen LogP contribution is -2.30. The van der Waals surface area contributed by atoms with Gasteiger partial charge in [-0.1, -0.05) is 0 Å². The van der Waals surface area contributed by atoms with Crippen LogP contribution in [0.5, 0.6) is 0 Å². The van der Waals surface area contributed by atoms with Crippen LogP contribution in [0.15, 0.2) is 12.1 Å². The second kappa shape index (κ2) is 6.30. The zero-order valence-corrected chi connectivity index (χ0v) is 11.2. The third-order valence-electron chi connectivity index (χ3n) is 3.57. The quantitative estimate of drug-likeness (QED) is 0.912. The van der Waals surface area contributed by atoms with Crippen molar-refractivity contribution in [1.29, 1.82) is 0 Å². The van der Waals surface area contributed by atoms with Crippen LogP contribution in [0.1, 0.15) is 18.4 Å². The van der Waals surface area contributed by atoms with Crippen molar-refractivity contribution in [1.82, 2.24) is 0 Å². The third-order valence-corrected chi connectivity index (χ3v) is 3.57. The van der Waals surface area contributed by atoms with Gasteiger partial charge in [0.05, 0.1) is 0 Å². The molecule has 19 heavy (non-hydrogen) atoms. The fourth-order valence-electron chi connectivity index (χ4n) is 2.51. The number of nitrogens with two attached hydrogens (primary N) is 1. The van der Waals surface area contributed by atoms with E-state index >= 15 is 0 Å². The molecule has 1 aliphatic rings. The van der Waals surface area contributed by atoms with Gasteiger partial charge in [0.15, 0.2) is 0 Å². The summed E-state index contributed by atoms with van der Waals surface area (Å²) >= 11 is 0. The summed E-state index contributed by atoms with van der Waals surface area (Å²) in [6, 6.07) is 2.61. The molecule has 0 saturated carbocycles. The molecule has 106 valence electrons. The number of nitrogens with zero attached hydrogens (tertiary/aromatic N) is 1. The number of benzene rings is 1. The number of ether oxygens (including phenoxy) is 1. The lowest BCUT2D eigenvalue weighted by atomic mass is 9.99. The molecule has 5 heteroatoms. The van der Waals surface area contributed by atoms with Gasteiger partial charge in [-0.25, -0.2) is 8.78 Å². The van der Waals surface area contributed by atoms with E-state index in [2.05, 4.69) is 0 Å². The summed E-state index contributed by atoms with van der Waals surface area (Å²) in [5.74, 6) is -0.670. The maximum atomic E-state index is 13.9. The van der Waals surface area contributed by atoms with Gasteiger partial charge in [-0.15, -0.1) is 0 Å². The van der Waals surface area contributed by atoms with Gasteiger partial charge in [-0.2, -0.15) is 0 Å². The van der Waals surface area contributed by atoms with E-state index in [1.807, 2.05) is 0 Å². The monoisotopic (exact) mass is 270 g/mol. The summed E-state index contributed by atoms with van der Waals surface area (Å²) in [7, 11) is 1.72. The number of rotatable bonds is 4. The molecule has 0 spiro atoms. The van der Waals surface area contributed by atoms with Gasteiger partial charge in [-0.3, -0.25) is 0 Å². The standard InChI is InChI=1S/C14H20F2N2O/c1-18(9-10-2-4-19-5-3-10)14-12(15)6-11(8-17)7-13(14)16/h6-7,10H,2-5,8-9,17H2,1H3. The Hall–Kier alpha value is -1.20. The Morgan fingerprint density at radius 3 is 2.37 bits per heavy atom. The van der Waals surface area contributed by atoms with E-state index in [4.69, 9.17) is 10.5 Å². The predicted octanol–water partition coefficient (Wildman–Crippen LogP) is 2.29. The molecular weight excluding hydrogens is 250 g/mol. The van der Waals surface area contributed by atoms with E-state index in [0.29, 0.717) is 18.0 Å². The zero-order chi connectivity index (χ0) is 13.8. The minimum atomic E-state index is -0.546. The molecule has 1 aromatic carbocycles. The Labute approximate surface area is 112 Å². The van der Waals surface area contributed by atoms with Crippen LogP contribution in [0.25, 0.3) is 0 Å². The Morgan fingerprint density at radius 1 is 1.26 bits per heavy atom. The molecular formula is C14H20F2N2O. The first-order valence-corrected chi connectivity index (χ1v) is 6.58. The lowest BCUT2D eigenvalue weighted by Gasteiger charge is -2.29. The maximum absolute atomic E-state index is 13.9. The largest absolute Gasteiger partial charge is 0.381 e. The Balaban J connectivity index is 2.11. The fourth-order valence-corrected chi connectivity index (χ4v) is 2.51. The van der Waals surface area contributed by atoms with Gasteiger partial charge in [0, 0.05) is 33.4 Å². The third kappa shape index (κ3) is 3.42. The van der Waals surface area contributed by atoms with Crippen molar-refractivity contribution >= 4 is 5.69 Å². The first-order valence-electron chi connectivity index (χ1n) is 6.58. The average molecular weight is 270 g/mol. The summed E-state index contributed by atoms with van der Waals surface area (Å²) in [6.07, 6.45) is 1.88. The number of hydrogen-bond donors (Lipinski definition) is 1. The van der Waals surface area contributed by atoms with Crippen molar-refractivity contribution in [2.24, 2.45) is 11.7 Å². The van der Waals surface area contributed by atoms with E-state index < -0.39 is 11.6 Å². The molecule has 0 atom stereocenters. The molecule has 1 fully saturated rings. The highest BCUT2D eigenvalue weighted by atomic mass is 19.1. The van der Waals surface area contributed by atoms with Crippen molar-refractivity contribution < 1.29 is 13.5 Å². The summed E-state index contributed by atoms with van der Waals surface area (Å²) in [5.41, 5.74) is 5.90. The van der Waals surface area contributed by atoms with Crippen molar-refractivity contribution in [3.05, 3.63) is 29.3 Å². The van der Waals surface area contributed by atoms with Gasteiger partial charge >= 0.3 is 0 Å². The summed E-state index contributed by atoms with van der Waals surface area (Å²) in [4.78, 5) is 1.65. The minimum absolute atomic E-state index is 0.0312. The molecule has 0 aromatic heterocycles. The Morgan fingerprint density at radius 2 is 1.84 bits per heavy atom. The number of hydrogen-bond acceptors (Lipinski definition) is 3. The zero-order valence-electron chi connectivity index (χ0n) is 11.2. The molecule has 1 aliphatic heterocycles. The van der Waals surface area contributed by atoms with Gasteiger partial charge in [0.25, 0.3) is 0 Å². The van der Waals surface area contributed by atoms with Crippen molar-refractivity contribution in [2.75, 3.05) is 31.7 Å². The van der Waals surface area contributed by atoms with E-state index in [9.17, 15) is 8.78 Å². The first kappa shape index (κ1) is 14.2. The molecule has 1 aromatic rings. The molecule has 0 radical (unpaired) electrons. The smallest absolute Gasteiger partial charge is 0.149 e. The second-order valence-electron chi connectivity index (χ2n) is 5.05. The molecule has 1 heterocycles. The van der Waals surface area contributed by atoms with Crippen molar-refractivity contribution in [3.63, 3.8) is 0 Å². The van der Waals surface area contributed by atoms with E-state index in [1.54, 1.807) is 11.9 Å². The summed E-state index contributed by atoms with van der Waals surface area (Å²) in [6.45, 7) is 2.24. The van der Waals surface area contributed by atoms with Crippen LogP contribution in [0.4, 0.5) is 14.5 Å². The highest BCUT2D eigenvalue weighted by Gasteiger charge is 2.20. The molecule has 0 unspecified atom stereocenters. The van der Waals surface area contributed by atoms with Crippen LogP contribution in [0.2, 0.25) is 0 Å². The van der Waals surface area contributed by atoms with E-state index in [0.717, 1.165) is 26.1 Å². The highest BCUT2D eigenvalue weighted by Crippen LogP contribution is 2.26. The number of halogens is 2. The normalized spacial score (nSPS) is 16.6. The summed E-state index contributed by atoms with van der Waals surface area (Å²) in [5, 5.41) is 0. The van der Waals surface area contributed by atoms with Crippen molar-refractivity contribution in [2.45, 2.75) is 19.4 Å². The molecule has 0 aliphatic carbocycles. The van der Waals surface area contributed by atoms with Crippen LogP contribution in [-0.4, -0.2) is 26.8 Å². The average Bonchev–Trinajstić information content (AvgIpc) is 2.38. The molecule has 0 bridgehead atoms. The van der Waals surface area contributed by atoms with Crippen molar-refractivity contribution in [3.8, 4) is 0 Å². The van der Waals surface area contributed by atoms with Gasteiger partial charge < -0.3 is 15.4 Å². The van der Waals surface area contributed by atoms with Gasteiger partial charge in [-0.05, 0) is 36.5 Å². The van der Waals surface area contributed by atoms with E-state index in [1.165, 1.54) is 12.1 Å². The molecule has 3 nitrogen and oxygen atoms in total. The predicted molar refractivity (Wildman–Crippen MR) is 71.1 cm³/mol. The highest BCUT2D eigenvalue weighted by molar-refractivity contribution is 5.50. The number of anilines is 1. The van der Waals surface area contributed by atoms with Gasteiger partial charge in [0.2, 0.25) is 0 Å². The first-order chi connectivity index (χ1) is 9.11. The minimum Gasteiger partial charge on any atom is -0.381 e. The van der Waals surface area contributed by atoms with Crippen LogP contribution in [-0.2, 0) is 11.3 Å².